The summed E-state index contributed by atoms with van der Waals surface area (Å²) in [6.45, 7) is 48.6. The molecule has 0 aliphatic carbocycles. The number of H-pyrrole nitrogens is 2. The van der Waals surface area contributed by atoms with E-state index in [9.17, 15) is 0 Å². The van der Waals surface area contributed by atoms with Gasteiger partial charge in [0.2, 0.25) is 0 Å². The highest BCUT2D eigenvalue weighted by atomic mass is 28.3. The van der Waals surface area contributed by atoms with Gasteiger partial charge in [0, 0.05) is 49.9 Å². The molecule has 0 atom stereocenters. The van der Waals surface area contributed by atoms with E-state index in [1.807, 2.05) is 0 Å². The standard InChI is InChI=1S/C73H86N4Si/c1-68(2,3)50-36-47(37-51(42-50)69(4,5)6)65-58-28-26-56(74-58)64(46-24-22-45(23-25-46)34-35-78(19,20)21)57-27-29-59(75-57)66(48-38-52(70(7,8)9)43-53(39-48)71(10,11)12)61-31-33-63(77-61)67(62-32-30-60(65)76-62)49-40-54(72(13,14)15)44-55(41-49)73(16,17)18/h22-33,36-44,76-77H,1-21H3. The molecular weight excluding hydrogens is 961 g/mol. The summed E-state index contributed by atoms with van der Waals surface area (Å²) in [6.07, 6.45) is 8.83. The minimum atomic E-state index is -1.59. The first-order chi connectivity index (χ1) is 36.0. The van der Waals surface area contributed by atoms with Crippen LogP contribution < -0.4 is 0 Å². The van der Waals surface area contributed by atoms with Gasteiger partial charge in [0.05, 0.1) is 22.8 Å². The number of hydrogen-bond donors (Lipinski definition) is 2. The number of fused-ring (bicyclic) bond motifs is 8. The van der Waals surface area contributed by atoms with Gasteiger partial charge in [-0.1, -0.05) is 217 Å². The Morgan fingerprint density at radius 1 is 0.321 bits per heavy atom. The number of nitrogens with zero attached hydrogens (tertiary/aromatic N) is 2. The van der Waals surface area contributed by atoms with Gasteiger partial charge in [-0.05, 0) is 149 Å². The zero-order valence-corrected chi connectivity index (χ0v) is 52.0. The van der Waals surface area contributed by atoms with Crippen LogP contribution in [-0.2, 0) is 32.5 Å². The molecule has 0 amide bonds. The van der Waals surface area contributed by atoms with E-state index in [1.54, 1.807) is 0 Å². The molecule has 5 heterocycles. The third-order valence-corrected chi connectivity index (χ3v) is 16.2. The van der Waals surface area contributed by atoms with Gasteiger partial charge in [-0.3, -0.25) is 0 Å². The lowest BCUT2D eigenvalue weighted by molar-refractivity contribution is 0.568. The third kappa shape index (κ3) is 11.8. The van der Waals surface area contributed by atoms with Crippen molar-refractivity contribution in [1.29, 1.82) is 0 Å². The van der Waals surface area contributed by atoms with E-state index in [1.165, 1.54) is 33.4 Å². The number of hydrogen-bond acceptors (Lipinski definition) is 2. The Balaban J connectivity index is 1.51. The molecule has 0 unspecified atom stereocenters. The topological polar surface area (TPSA) is 57.4 Å². The van der Waals surface area contributed by atoms with E-state index >= 15 is 0 Å². The van der Waals surface area contributed by atoms with Crippen molar-refractivity contribution in [2.45, 2.75) is 177 Å². The van der Waals surface area contributed by atoms with Crippen LogP contribution >= 0.6 is 0 Å². The Morgan fingerprint density at radius 3 is 0.872 bits per heavy atom. The maximum atomic E-state index is 5.74. The highest BCUT2D eigenvalue weighted by Crippen LogP contribution is 2.44. The minimum Gasteiger partial charge on any atom is -0.354 e. The van der Waals surface area contributed by atoms with Crippen molar-refractivity contribution in [1.82, 2.24) is 19.9 Å². The van der Waals surface area contributed by atoms with E-state index in [4.69, 9.17) is 9.97 Å². The van der Waals surface area contributed by atoms with Crippen LogP contribution in [0.4, 0.5) is 0 Å². The van der Waals surface area contributed by atoms with E-state index < -0.39 is 8.07 Å². The summed E-state index contributed by atoms with van der Waals surface area (Å²) >= 11 is 0. The molecule has 5 heteroatoms. The van der Waals surface area contributed by atoms with E-state index in [0.29, 0.717) is 0 Å². The van der Waals surface area contributed by atoms with Crippen LogP contribution in [0, 0.1) is 11.5 Å². The lowest BCUT2D eigenvalue weighted by Gasteiger charge is -2.26. The van der Waals surface area contributed by atoms with Crippen molar-refractivity contribution in [2.24, 2.45) is 0 Å². The summed E-state index contributed by atoms with van der Waals surface area (Å²) in [6, 6.07) is 39.5. The smallest absolute Gasteiger partial charge is 0.129 e. The molecule has 4 nitrogen and oxygen atoms in total. The first kappa shape index (κ1) is 56.0. The summed E-state index contributed by atoms with van der Waals surface area (Å²) in [5.41, 5.74) is 28.0. The summed E-state index contributed by atoms with van der Waals surface area (Å²) in [5.74, 6) is 3.49. The Bertz CT molecular complexity index is 3530. The normalized spacial score (nSPS) is 13.5. The van der Waals surface area contributed by atoms with E-state index in [-0.39, 0.29) is 32.5 Å². The van der Waals surface area contributed by atoms with Crippen LogP contribution in [0.25, 0.3) is 90.9 Å². The summed E-state index contributed by atoms with van der Waals surface area (Å²) in [7, 11) is -1.59. The number of nitrogens with one attached hydrogen (secondary N) is 2. The maximum absolute atomic E-state index is 5.74. The average Bonchev–Trinajstić information content (AvgIpc) is 4.26. The molecule has 0 saturated carbocycles. The van der Waals surface area contributed by atoms with Crippen LogP contribution in [0.1, 0.15) is 186 Å². The second kappa shape index (κ2) is 19.6. The third-order valence-electron chi connectivity index (χ3n) is 15.4. The Labute approximate surface area is 469 Å². The second-order valence-corrected chi connectivity index (χ2v) is 34.2. The molecule has 4 aromatic carbocycles. The monoisotopic (exact) mass is 1050 g/mol. The molecule has 0 spiro atoms. The van der Waals surface area contributed by atoms with Crippen molar-refractivity contribution in [2.75, 3.05) is 0 Å². The van der Waals surface area contributed by atoms with E-state index in [2.05, 4.69) is 293 Å². The molecule has 0 fully saturated rings. The molecular formula is C73H86N4Si. The first-order valence-electron chi connectivity index (χ1n) is 28.3. The molecule has 2 aliphatic rings. The van der Waals surface area contributed by atoms with Crippen molar-refractivity contribution in [3.8, 4) is 56.0 Å². The lowest BCUT2D eigenvalue weighted by Crippen LogP contribution is -2.16. The Kier molecular flexibility index (Phi) is 14.0. The Morgan fingerprint density at radius 2 is 0.590 bits per heavy atom. The number of aromatic amines is 2. The van der Waals surface area contributed by atoms with Gasteiger partial charge in [0.15, 0.2) is 0 Å². The summed E-state index contributed by atoms with van der Waals surface area (Å²) < 4.78 is 0. The molecule has 402 valence electrons. The van der Waals surface area contributed by atoms with Crippen molar-refractivity contribution in [3.05, 3.63) is 165 Å². The van der Waals surface area contributed by atoms with Gasteiger partial charge < -0.3 is 9.97 Å². The highest BCUT2D eigenvalue weighted by Gasteiger charge is 2.28. The van der Waals surface area contributed by atoms with E-state index in [0.717, 1.165) is 94.9 Å². The zero-order chi connectivity index (χ0) is 56.9. The van der Waals surface area contributed by atoms with Gasteiger partial charge in [-0.2, -0.15) is 0 Å². The average molecular weight is 1050 g/mol. The fourth-order valence-electron chi connectivity index (χ4n) is 10.3. The molecule has 8 bridgehead atoms. The van der Waals surface area contributed by atoms with Crippen LogP contribution in [-0.4, -0.2) is 28.0 Å². The second-order valence-electron chi connectivity index (χ2n) is 29.5. The van der Waals surface area contributed by atoms with Crippen LogP contribution in [0.2, 0.25) is 19.6 Å². The fraction of sp³-hybridized carbons (Fsp3) is 0.370. The molecule has 78 heavy (non-hydrogen) atoms. The van der Waals surface area contributed by atoms with Gasteiger partial charge >= 0.3 is 0 Å². The van der Waals surface area contributed by atoms with Crippen LogP contribution in [0.15, 0.2) is 103 Å². The summed E-state index contributed by atoms with van der Waals surface area (Å²) in [5, 5.41) is 0. The predicted molar refractivity (Wildman–Crippen MR) is 343 cm³/mol. The lowest BCUT2D eigenvalue weighted by atomic mass is 9.78. The number of aromatic nitrogens is 4. The zero-order valence-electron chi connectivity index (χ0n) is 51.0. The van der Waals surface area contributed by atoms with Gasteiger partial charge in [-0.25, -0.2) is 9.97 Å². The SMILES string of the molecule is CC(C)(C)c1cc(-c2c3nc(c(-c4ccc(C#C[Si](C)(C)C)cc4)c4nc(c(-c5cc(C(C)(C)C)cc(C(C)(C)C)c5)c5ccc([nH]5)c(-c5cc(C(C)(C)C)cc(C(C)(C)C)c5)c5ccc2[nH]5)C=C4)C=C3)cc(C(C)(C)C)c1. The predicted octanol–water partition coefficient (Wildman–Crippen LogP) is 20.3. The number of rotatable bonds is 4. The molecule has 2 N–H and O–H groups in total. The molecule has 0 radical (unpaired) electrons. The van der Waals surface area contributed by atoms with Crippen LogP contribution in [0.5, 0.6) is 0 Å². The Hall–Kier alpha value is -6.74. The largest absolute Gasteiger partial charge is 0.354 e. The van der Waals surface area contributed by atoms with Crippen molar-refractivity contribution < 1.29 is 0 Å². The maximum Gasteiger partial charge on any atom is 0.129 e. The highest BCUT2D eigenvalue weighted by molar-refractivity contribution is 6.83. The molecule has 9 rings (SSSR count). The van der Waals surface area contributed by atoms with Crippen LogP contribution in [0.3, 0.4) is 0 Å². The molecule has 0 saturated heterocycles. The van der Waals surface area contributed by atoms with Crippen molar-refractivity contribution >= 4 is 54.4 Å². The molecule has 2 aliphatic heterocycles. The number of benzene rings is 4. The fourth-order valence-corrected chi connectivity index (χ4v) is 10.8. The van der Waals surface area contributed by atoms with Gasteiger partial charge in [0.25, 0.3) is 0 Å². The minimum absolute atomic E-state index is 0.0911. The first-order valence-corrected chi connectivity index (χ1v) is 31.8. The molecule has 7 aromatic rings. The van der Waals surface area contributed by atoms with Gasteiger partial charge in [0.1, 0.15) is 8.07 Å². The van der Waals surface area contributed by atoms with Crippen molar-refractivity contribution in [3.63, 3.8) is 0 Å². The van der Waals surface area contributed by atoms with Gasteiger partial charge in [-0.15, -0.1) is 5.54 Å². The quantitative estimate of drug-likeness (QED) is 0.136. The molecule has 3 aromatic heterocycles. The summed E-state index contributed by atoms with van der Waals surface area (Å²) in [4.78, 5) is 19.7.